The van der Waals surface area contributed by atoms with Crippen molar-refractivity contribution >= 4 is 5.97 Å². The van der Waals surface area contributed by atoms with Gasteiger partial charge in [0.05, 0.1) is 12.0 Å². The molecule has 0 amide bonds. The van der Waals surface area contributed by atoms with Crippen LogP contribution >= 0.6 is 0 Å². The molecular formula is C28H29F3N4O4. The molecule has 0 bridgehead atoms. The first-order chi connectivity index (χ1) is 18.3. The lowest BCUT2D eigenvalue weighted by Crippen LogP contribution is -2.48. The maximum absolute atomic E-state index is 14.7. The molecule has 0 aliphatic heterocycles. The SMILES string of the molecule is Cc1cc(-n2cc(C(C)(c3ccco3)N(N)Cc3ccc(OC(C)(C)C(=O)O)cc3)c(C)n2)c(F)c(F)c1F. The Labute approximate surface area is 223 Å². The van der Waals surface area contributed by atoms with Gasteiger partial charge < -0.3 is 14.3 Å². The minimum Gasteiger partial charge on any atom is -0.478 e. The molecule has 2 aromatic heterocycles. The van der Waals surface area contributed by atoms with Crippen molar-refractivity contribution < 1.29 is 32.2 Å². The highest BCUT2D eigenvalue weighted by Crippen LogP contribution is 2.38. The summed E-state index contributed by atoms with van der Waals surface area (Å²) in [4.78, 5) is 11.4. The lowest BCUT2D eigenvalue weighted by Gasteiger charge is -2.36. The number of carboxylic acids is 1. The standard InChI is InChI=1S/C28H29F3N4O4/c1-16-13-21(24(30)25(31)23(16)29)34-15-20(17(2)33-34)28(5,22-7-6-12-38-22)35(32)14-18-8-10-19(11-9-18)39-27(3,4)26(36)37/h6-13,15H,14,32H2,1-5H3,(H,36,37). The lowest BCUT2D eigenvalue weighted by molar-refractivity contribution is -0.152. The minimum absolute atomic E-state index is 0.0629. The molecule has 4 aromatic rings. The third-order valence-electron chi connectivity index (χ3n) is 6.72. The van der Waals surface area contributed by atoms with Crippen molar-refractivity contribution in [2.45, 2.75) is 52.3 Å². The molecular weight excluding hydrogens is 513 g/mol. The average molecular weight is 543 g/mol. The first-order valence-corrected chi connectivity index (χ1v) is 12.0. The molecule has 3 N–H and O–H groups in total. The second kappa shape index (κ2) is 10.2. The fourth-order valence-electron chi connectivity index (χ4n) is 4.28. The number of benzene rings is 2. The summed E-state index contributed by atoms with van der Waals surface area (Å²) in [5.41, 5.74) is -1.03. The summed E-state index contributed by atoms with van der Waals surface area (Å²) in [5.74, 6) is 2.22. The smallest absolute Gasteiger partial charge is 0.347 e. The number of carbonyl (C=O) groups is 1. The van der Waals surface area contributed by atoms with E-state index in [2.05, 4.69) is 5.10 Å². The quantitative estimate of drug-likeness (QED) is 0.166. The third-order valence-corrected chi connectivity index (χ3v) is 6.72. The van der Waals surface area contributed by atoms with Crippen LogP contribution in [0.2, 0.25) is 0 Å². The van der Waals surface area contributed by atoms with Crippen LogP contribution in [0.1, 0.15) is 48.9 Å². The van der Waals surface area contributed by atoms with E-state index in [-0.39, 0.29) is 17.8 Å². The number of hydrazine groups is 1. The van der Waals surface area contributed by atoms with Gasteiger partial charge in [0, 0.05) is 18.3 Å². The number of rotatable bonds is 9. The molecule has 0 fully saturated rings. The van der Waals surface area contributed by atoms with E-state index < -0.39 is 34.6 Å². The van der Waals surface area contributed by atoms with Gasteiger partial charge in [0.2, 0.25) is 0 Å². The van der Waals surface area contributed by atoms with Crippen LogP contribution in [-0.2, 0) is 16.9 Å². The Balaban J connectivity index is 1.69. The fraction of sp³-hybridized carbons (Fsp3) is 0.286. The Morgan fingerprint density at radius 3 is 2.36 bits per heavy atom. The summed E-state index contributed by atoms with van der Waals surface area (Å²) in [6, 6.07) is 11.4. The molecule has 0 saturated heterocycles. The van der Waals surface area contributed by atoms with E-state index in [1.165, 1.54) is 44.3 Å². The summed E-state index contributed by atoms with van der Waals surface area (Å²) in [5, 5.41) is 15.2. The summed E-state index contributed by atoms with van der Waals surface area (Å²) in [7, 11) is 0. The van der Waals surface area contributed by atoms with Gasteiger partial charge in [0.1, 0.15) is 22.7 Å². The van der Waals surface area contributed by atoms with Crippen molar-refractivity contribution in [3.63, 3.8) is 0 Å². The maximum atomic E-state index is 14.7. The zero-order valence-electron chi connectivity index (χ0n) is 22.1. The van der Waals surface area contributed by atoms with Crippen molar-refractivity contribution in [1.29, 1.82) is 0 Å². The summed E-state index contributed by atoms with van der Waals surface area (Å²) in [6.45, 7) is 7.96. The van der Waals surface area contributed by atoms with E-state index in [1.807, 2.05) is 0 Å². The van der Waals surface area contributed by atoms with Crippen molar-refractivity contribution in [2.24, 2.45) is 5.84 Å². The van der Waals surface area contributed by atoms with Gasteiger partial charge in [0.25, 0.3) is 0 Å². The predicted octanol–water partition coefficient (Wildman–Crippen LogP) is 5.38. The molecule has 11 heteroatoms. The molecule has 0 saturated carbocycles. The topological polar surface area (TPSA) is 107 Å². The Bertz CT molecular complexity index is 1500. The number of nitrogens with zero attached hydrogens (tertiary/aromatic N) is 3. The van der Waals surface area contributed by atoms with Crippen molar-refractivity contribution in [1.82, 2.24) is 14.8 Å². The van der Waals surface area contributed by atoms with Crippen molar-refractivity contribution in [3.05, 3.63) is 101 Å². The summed E-state index contributed by atoms with van der Waals surface area (Å²) < 4.78 is 55.2. The second-order valence-electron chi connectivity index (χ2n) is 9.97. The molecule has 4 rings (SSSR count). The molecule has 0 radical (unpaired) electrons. The zero-order chi connectivity index (χ0) is 28.7. The highest BCUT2D eigenvalue weighted by atomic mass is 19.2. The fourth-order valence-corrected chi connectivity index (χ4v) is 4.28. The van der Waals surface area contributed by atoms with Crippen LogP contribution in [0.15, 0.2) is 59.3 Å². The average Bonchev–Trinajstić information content (AvgIpc) is 3.56. The molecule has 206 valence electrons. The number of furan rings is 1. The zero-order valence-corrected chi connectivity index (χ0v) is 22.1. The highest BCUT2D eigenvalue weighted by Gasteiger charge is 2.40. The van der Waals surface area contributed by atoms with Crippen molar-refractivity contribution in [3.8, 4) is 11.4 Å². The van der Waals surface area contributed by atoms with Gasteiger partial charge in [-0.25, -0.2) is 27.7 Å². The molecule has 8 nitrogen and oxygen atoms in total. The third kappa shape index (κ3) is 5.15. The van der Waals surface area contributed by atoms with Crippen LogP contribution in [0.4, 0.5) is 13.2 Å². The first-order valence-electron chi connectivity index (χ1n) is 12.0. The summed E-state index contributed by atoms with van der Waals surface area (Å²) >= 11 is 0. The van der Waals surface area contributed by atoms with Crippen LogP contribution in [0.5, 0.6) is 5.75 Å². The van der Waals surface area contributed by atoms with Gasteiger partial charge in [-0.2, -0.15) is 5.10 Å². The Kier molecular flexibility index (Phi) is 7.33. The van der Waals surface area contributed by atoms with Gasteiger partial charge in [-0.1, -0.05) is 12.1 Å². The molecule has 0 spiro atoms. The number of halogens is 3. The molecule has 1 atom stereocenters. The van der Waals surface area contributed by atoms with Crippen LogP contribution in [-0.4, -0.2) is 31.5 Å². The largest absolute Gasteiger partial charge is 0.478 e. The molecule has 0 aliphatic rings. The molecule has 1 unspecified atom stereocenters. The molecule has 2 heterocycles. The first kappa shape index (κ1) is 27.9. The van der Waals surface area contributed by atoms with E-state index in [9.17, 15) is 23.1 Å². The highest BCUT2D eigenvalue weighted by molar-refractivity contribution is 5.76. The molecule has 2 aromatic carbocycles. The van der Waals surface area contributed by atoms with E-state index in [0.717, 1.165) is 10.2 Å². The van der Waals surface area contributed by atoms with Crippen molar-refractivity contribution in [2.75, 3.05) is 0 Å². The van der Waals surface area contributed by atoms with E-state index in [0.29, 0.717) is 22.8 Å². The maximum Gasteiger partial charge on any atom is 0.347 e. The number of carboxylic acid groups (broad SMARTS) is 1. The Hall–Kier alpha value is -4.09. The van der Waals surface area contributed by atoms with Crippen LogP contribution < -0.4 is 10.6 Å². The van der Waals surface area contributed by atoms with Gasteiger partial charge in [-0.3, -0.25) is 5.84 Å². The number of ether oxygens (including phenoxy) is 1. The minimum atomic E-state index is -1.58. The molecule has 39 heavy (non-hydrogen) atoms. The van der Waals surface area contributed by atoms with Crippen LogP contribution in [0.25, 0.3) is 5.69 Å². The number of aromatic nitrogens is 2. The summed E-state index contributed by atoms with van der Waals surface area (Å²) in [6.07, 6.45) is 3.01. The van der Waals surface area contributed by atoms with Crippen LogP contribution in [0.3, 0.4) is 0 Å². The van der Waals surface area contributed by atoms with E-state index >= 15 is 0 Å². The number of aliphatic carboxylic acids is 1. The monoisotopic (exact) mass is 542 g/mol. The van der Waals surface area contributed by atoms with Crippen LogP contribution in [0, 0.1) is 31.3 Å². The van der Waals surface area contributed by atoms with Gasteiger partial charge in [-0.05, 0) is 76.1 Å². The Morgan fingerprint density at radius 2 is 1.77 bits per heavy atom. The van der Waals surface area contributed by atoms with Gasteiger partial charge >= 0.3 is 5.97 Å². The van der Waals surface area contributed by atoms with Gasteiger partial charge in [0.15, 0.2) is 23.1 Å². The molecule has 0 aliphatic carbocycles. The van der Waals surface area contributed by atoms with Gasteiger partial charge in [-0.15, -0.1) is 0 Å². The normalized spacial score (nSPS) is 13.5. The second-order valence-corrected chi connectivity index (χ2v) is 9.97. The van der Waals surface area contributed by atoms with E-state index in [4.69, 9.17) is 15.0 Å². The Morgan fingerprint density at radius 1 is 1.10 bits per heavy atom. The number of hydrogen-bond acceptors (Lipinski definition) is 6. The lowest BCUT2D eigenvalue weighted by atomic mass is 9.88. The number of hydrogen-bond donors (Lipinski definition) is 2. The predicted molar refractivity (Wildman–Crippen MR) is 137 cm³/mol. The number of aryl methyl sites for hydroxylation is 2. The number of nitrogens with two attached hydrogens (primary N) is 1. The van der Waals surface area contributed by atoms with E-state index in [1.54, 1.807) is 50.2 Å².